The second-order valence-electron chi connectivity index (χ2n) is 10.5. The Morgan fingerprint density at radius 1 is 0.452 bits per heavy atom. The maximum atomic E-state index is 6.27. The van der Waals surface area contributed by atoms with Crippen molar-refractivity contribution in [1.29, 1.82) is 0 Å². The largest absolute Gasteiger partial charge is 0.0843 e. The minimum Gasteiger partial charge on any atom is -0.0843 e. The van der Waals surface area contributed by atoms with Crippen LogP contribution >= 0.6 is 11.6 Å². The Balaban J connectivity index is 0.000000847. The molecule has 0 saturated heterocycles. The summed E-state index contributed by atoms with van der Waals surface area (Å²) in [5.41, 5.74) is 8.73. The van der Waals surface area contributed by atoms with Gasteiger partial charge in [0.25, 0.3) is 0 Å². The molecule has 7 aromatic rings. The van der Waals surface area contributed by atoms with Gasteiger partial charge in [-0.05, 0) is 95.4 Å². The third-order valence-corrected chi connectivity index (χ3v) is 8.12. The van der Waals surface area contributed by atoms with E-state index in [0.29, 0.717) is 5.92 Å². The van der Waals surface area contributed by atoms with Crippen molar-refractivity contribution in [2.45, 2.75) is 47.5 Å². The Morgan fingerprint density at radius 2 is 0.905 bits per heavy atom. The Labute approximate surface area is 255 Å². The first kappa shape index (κ1) is 29.4. The van der Waals surface area contributed by atoms with E-state index >= 15 is 0 Å². The van der Waals surface area contributed by atoms with E-state index < -0.39 is 0 Å². The van der Waals surface area contributed by atoms with Gasteiger partial charge in [0.15, 0.2) is 0 Å². The van der Waals surface area contributed by atoms with Gasteiger partial charge in [-0.2, -0.15) is 0 Å². The van der Waals surface area contributed by atoms with Crippen molar-refractivity contribution in [2.75, 3.05) is 0 Å². The fourth-order valence-corrected chi connectivity index (χ4v) is 5.98. The van der Waals surface area contributed by atoms with Crippen LogP contribution in [0.5, 0.6) is 0 Å². The van der Waals surface area contributed by atoms with Crippen LogP contribution in [0.2, 0.25) is 5.02 Å². The molecule has 42 heavy (non-hydrogen) atoms. The molecule has 0 spiro atoms. The van der Waals surface area contributed by atoms with E-state index in [0.717, 1.165) is 5.02 Å². The second-order valence-corrected chi connectivity index (χ2v) is 11.0. The topological polar surface area (TPSA) is 0 Å². The minimum atomic E-state index is 0.486. The van der Waals surface area contributed by atoms with Gasteiger partial charge in [-0.25, -0.2) is 0 Å². The van der Waals surface area contributed by atoms with Gasteiger partial charge in [0.05, 0.1) is 0 Å². The summed E-state index contributed by atoms with van der Waals surface area (Å²) in [5, 5.41) is 8.63. The normalized spacial score (nSPS) is 11.0. The molecule has 7 aromatic carbocycles. The number of benzene rings is 7. The molecule has 0 aliphatic rings. The molecular weight excluding hydrogens is 528 g/mol. The average molecular weight is 567 g/mol. The summed E-state index contributed by atoms with van der Waals surface area (Å²) in [7, 11) is 0. The highest BCUT2D eigenvalue weighted by Gasteiger charge is 2.17. The van der Waals surface area contributed by atoms with Gasteiger partial charge in [-0.1, -0.05) is 156 Å². The van der Waals surface area contributed by atoms with Crippen LogP contribution in [-0.4, -0.2) is 0 Å². The molecule has 0 aromatic heterocycles. The molecular formula is C41H39Cl. The van der Waals surface area contributed by atoms with Crippen molar-refractivity contribution < 1.29 is 0 Å². The van der Waals surface area contributed by atoms with E-state index in [4.69, 9.17) is 11.6 Å². The molecule has 0 bridgehead atoms. The zero-order valence-corrected chi connectivity index (χ0v) is 26.3. The first-order valence-electron chi connectivity index (χ1n) is 15.2. The van der Waals surface area contributed by atoms with E-state index in [1.165, 1.54) is 71.3 Å². The number of rotatable bonds is 4. The summed E-state index contributed by atoms with van der Waals surface area (Å²) >= 11 is 6.27. The zero-order valence-electron chi connectivity index (χ0n) is 25.5. The average Bonchev–Trinajstić information content (AvgIpc) is 3.06. The van der Waals surface area contributed by atoms with Gasteiger partial charge in [-0.15, -0.1) is 0 Å². The summed E-state index contributed by atoms with van der Waals surface area (Å²) in [6, 6.07) is 44.1. The maximum Gasteiger partial charge on any atom is 0.0406 e. The fourth-order valence-electron chi connectivity index (χ4n) is 5.85. The molecule has 0 radical (unpaired) electrons. The highest BCUT2D eigenvalue weighted by molar-refractivity contribution is 6.31. The van der Waals surface area contributed by atoms with Crippen LogP contribution in [0.15, 0.2) is 121 Å². The standard InChI is InChI=1S/C37H27Cl.2C2H6/c1-23(2)30-20-28-14-18-32-34(26-10-8-25(9-11-26)24-6-4-3-5-7-24)22-35(27-12-16-31(38)17-13-27)33-19-15-29(21-30)36(28)37(32)33;2*1-2/h3-23H,1-2H3;2*1-2H3. The first-order valence-corrected chi connectivity index (χ1v) is 15.6. The summed E-state index contributed by atoms with van der Waals surface area (Å²) in [6.45, 7) is 12.5. The molecule has 0 saturated carbocycles. The second kappa shape index (κ2) is 12.8. The molecule has 0 atom stereocenters. The fraction of sp³-hybridized carbons (Fsp3) is 0.171. The van der Waals surface area contributed by atoms with E-state index in [2.05, 4.69) is 123 Å². The van der Waals surface area contributed by atoms with Crippen molar-refractivity contribution >= 4 is 43.9 Å². The third-order valence-electron chi connectivity index (χ3n) is 7.86. The van der Waals surface area contributed by atoms with Crippen molar-refractivity contribution in [3.63, 3.8) is 0 Å². The smallest absolute Gasteiger partial charge is 0.0406 e. The molecule has 7 rings (SSSR count). The van der Waals surface area contributed by atoms with E-state index in [1.54, 1.807) is 0 Å². The predicted octanol–water partition coefficient (Wildman–Crippen LogP) is 13.4. The lowest BCUT2D eigenvalue weighted by atomic mass is 9.84. The summed E-state index contributed by atoms with van der Waals surface area (Å²) < 4.78 is 0. The molecule has 210 valence electrons. The Kier molecular flexibility index (Phi) is 8.95. The van der Waals surface area contributed by atoms with Gasteiger partial charge in [0.1, 0.15) is 0 Å². The Bertz CT molecular complexity index is 1890. The van der Waals surface area contributed by atoms with Crippen molar-refractivity contribution in [3.05, 3.63) is 132 Å². The van der Waals surface area contributed by atoms with Crippen LogP contribution in [0, 0.1) is 0 Å². The van der Waals surface area contributed by atoms with Crippen molar-refractivity contribution in [3.8, 4) is 33.4 Å². The molecule has 0 amide bonds. The molecule has 1 heteroatoms. The number of halogens is 1. The SMILES string of the molecule is CC.CC.CC(C)c1cc2ccc3c(-c4ccc(Cl)cc4)cc(-c4ccc(-c5ccccc5)cc4)c4ccc(c1)c2c34. The Morgan fingerprint density at radius 3 is 1.40 bits per heavy atom. The molecule has 0 nitrogen and oxygen atoms in total. The third kappa shape index (κ3) is 5.40. The molecule has 0 aliphatic heterocycles. The lowest BCUT2D eigenvalue weighted by Gasteiger charge is -2.19. The number of hydrogen-bond donors (Lipinski definition) is 0. The van der Waals surface area contributed by atoms with Crippen LogP contribution in [0.4, 0.5) is 0 Å². The minimum absolute atomic E-state index is 0.486. The quantitative estimate of drug-likeness (QED) is 0.186. The van der Waals surface area contributed by atoms with Gasteiger partial charge in [-0.3, -0.25) is 0 Å². The van der Waals surface area contributed by atoms with Crippen LogP contribution in [0.25, 0.3) is 65.7 Å². The maximum absolute atomic E-state index is 6.27. The summed E-state index contributed by atoms with van der Waals surface area (Å²) in [5.74, 6) is 0.486. The van der Waals surface area contributed by atoms with Crippen molar-refractivity contribution in [1.82, 2.24) is 0 Å². The van der Waals surface area contributed by atoms with Crippen molar-refractivity contribution in [2.24, 2.45) is 0 Å². The van der Waals surface area contributed by atoms with Crippen LogP contribution in [0.1, 0.15) is 53.0 Å². The molecule has 0 fully saturated rings. The molecule has 0 N–H and O–H groups in total. The van der Waals surface area contributed by atoms with E-state index in [9.17, 15) is 0 Å². The van der Waals surface area contributed by atoms with Gasteiger partial charge in [0.2, 0.25) is 0 Å². The Hall–Kier alpha value is -4.13. The van der Waals surface area contributed by atoms with Gasteiger partial charge >= 0.3 is 0 Å². The van der Waals surface area contributed by atoms with Crippen LogP contribution < -0.4 is 0 Å². The van der Waals surface area contributed by atoms with Crippen LogP contribution in [0.3, 0.4) is 0 Å². The zero-order chi connectivity index (χ0) is 29.8. The van der Waals surface area contributed by atoms with E-state index in [-0.39, 0.29) is 0 Å². The monoisotopic (exact) mass is 566 g/mol. The highest BCUT2D eigenvalue weighted by Crippen LogP contribution is 2.45. The number of hydrogen-bond acceptors (Lipinski definition) is 0. The molecule has 0 heterocycles. The molecule has 0 unspecified atom stereocenters. The highest BCUT2D eigenvalue weighted by atomic mass is 35.5. The summed E-state index contributed by atoms with van der Waals surface area (Å²) in [4.78, 5) is 0. The van der Waals surface area contributed by atoms with Crippen LogP contribution in [-0.2, 0) is 0 Å². The lowest BCUT2D eigenvalue weighted by molar-refractivity contribution is 0.870. The van der Waals surface area contributed by atoms with E-state index in [1.807, 2.05) is 39.8 Å². The van der Waals surface area contributed by atoms with Gasteiger partial charge < -0.3 is 0 Å². The molecule has 0 aliphatic carbocycles. The lowest BCUT2D eigenvalue weighted by Crippen LogP contribution is -1.93. The summed E-state index contributed by atoms with van der Waals surface area (Å²) in [6.07, 6.45) is 0. The predicted molar refractivity (Wildman–Crippen MR) is 188 cm³/mol. The van der Waals surface area contributed by atoms with Gasteiger partial charge in [0, 0.05) is 5.02 Å². The first-order chi connectivity index (χ1) is 20.6.